The molecule has 1 aliphatic rings. The zero-order valence-corrected chi connectivity index (χ0v) is 17.1. The summed E-state index contributed by atoms with van der Waals surface area (Å²) in [5.41, 5.74) is 1.60. The Morgan fingerprint density at radius 1 is 1.00 bits per heavy atom. The number of carbonyl (C=O) groups is 3. The van der Waals surface area contributed by atoms with Crippen molar-refractivity contribution in [1.82, 2.24) is 15.5 Å². The highest BCUT2D eigenvalue weighted by molar-refractivity contribution is 5.96. The fraction of sp³-hybridized carbons (Fsp3) is 0.348. The van der Waals surface area contributed by atoms with Gasteiger partial charge in [0, 0.05) is 25.2 Å². The summed E-state index contributed by atoms with van der Waals surface area (Å²) in [7, 11) is 1.61. The predicted octanol–water partition coefficient (Wildman–Crippen LogP) is 1.77. The van der Waals surface area contributed by atoms with E-state index in [4.69, 9.17) is 4.74 Å². The first-order chi connectivity index (χ1) is 14.5. The third kappa shape index (κ3) is 6.92. The van der Waals surface area contributed by atoms with Gasteiger partial charge in [-0.2, -0.15) is 0 Å². The van der Waals surface area contributed by atoms with Crippen molar-refractivity contribution >= 4 is 17.7 Å². The van der Waals surface area contributed by atoms with Crippen LogP contribution in [0.15, 0.2) is 54.6 Å². The molecule has 0 heterocycles. The summed E-state index contributed by atoms with van der Waals surface area (Å²) in [6.07, 6.45) is 2.76. The van der Waals surface area contributed by atoms with Crippen LogP contribution in [0.25, 0.3) is 0 Å². The van der Waals surface area contributed by atoms with E-state index < -0.39 is 0 Å². The van der Waals surface area contributed by atoms with Gasteiger partial charge in [-0.3, -0.25) is 14.4 Å². The minimum atomic E-state index is -0.205. The fourth-order valence-corrected chi connectivity index (χ4v) is 2.89. The monoisotopic (exact) mass is 409 g/mol. The molecule has 0 saturated heterocycles. The van der Waals surface area contributed by atoms with E-state index in [2.05, 4.69) is 10.6 Å². The zero-order valence-electron chi connectivity index (χ0n) is 17.1. The molecule has 2 aromatic carbocycles. The van der Waals surface area contributed by atoms with Gasteiger partial charge < -0.3 is 20.3 Å². The second-order valence-corrected chi connectivity index (χ2v) is 7.40. The number of likely N-dealkylation sites (N-methyl/N-ethyl adjacent to an activating group) is 1. The van der Waals surface area contributed by atoms with Crippen molar-refractivity contribution in [3.05, 3.63) is 65.7 Å². The Morgan fingerprint density at radius 2 is 1.70 bits per heavy atom. The van der Waals surface area contributed by atoms with Crippen molar-refractivity contribution in [3.8, 4) is 5.75 Å². The van der Waals surface area contributed by atoms with E-state index in [1.807, 2.05) is 30.3 Å². The smallest absolute Gasteiger partial charge is 0.258 e. The molecule has 7 nitrogen and oxygen atoms in total. The number of hydrogen-bond acceptors (Lipinski definition) is 4. The second kappa shape index (κ2) is 10.4. The molecule has 158 valence electrons. The van der Waals surface area contributed by atoms with Crippen molar-refractivity contribution in [2.45, 2.75) is 25.3 Å². The molecule has 0 spiro atoms. The molecule has 0 radical (unpaired) electrons. The first-order valence-electron chi connectivity index (χ1n) is 10.1. The van der Waals surface area contributed by atoms with Gasteiger partial charge in [0.2, 0.25) is 5.91 Å². The molecule has 30 heavy (non-hydrogen) atoms. The van der Waals surface area contributed by atoms with Crippen LogP contribution in [0.5, 0.6) is 5.75 Å². The summed E-state index contributed by atoms with van der Waals surface area (Å²) in [6.45, 7) is 0.487. The van der Waals surface area contributed by atoms with Gasteiger partial charge in [0.05, 0.1) is 6.54 Å². The topological polar surface area (TPSA) is 87.7 Å². The van der Waals surface area contributed by atoms with Crippen molar-refractivity contribution in [1.29, 1.82) is 0 Å². The molecule has 3 rings (SSSR count). The number of rotatable bonds is 10. The first kappa shape index (κ1) is 21.4. The lowest BCUT2D eigenvalue weighted by atomic mass is 10.1. The average Bonchev–Trinajstić information content (AvgIpc) is 3.57. The number of hydrogen-bond donors (Lipinski definition) is 2. The van der Waals surface area contributed by atoms with Gasteiger partial charge >= 0.3 is 0 Å². The Hall–Kier alpha value is -3.35. The lowest BCUT2D eigenvalue weighted by molar-refractivity contribution is -0.123. The molecule has 0 aliphatic heterocycles. The molecule has 1 aliphatic carbocycles. The number of carbonyl (C=O) groups excluding carboxylic acids is 3. The second-order valence-electron chi connectivity index (χ2n) is 7.40. The van der Waals surface area contributed by atoms with Crippen molar-refractivity contribution in [2.24, 2.45) is 0 Å². The number of amides is 3. The maximum atomic E-state index is 12.3. The molecule has 1 saturated carbocycles. The maximum absolute atomic E-state index is 12.3. The SMILES string of the molecule is CN(CC(=O)NCCc1ccc(OCC(=O)NC2CC2)cc1)C(=O)c1ccccc1. The minimum Gasteiger partial charge on any atom is -0.484 e. The Balaban J connectivity index is 1.34. The summed E-state index contributed by atoms with van der Waals surface area (Å²) in [5, 5.41) is 5.71. The summed E-state index contributed by atoms with van der Waals surface area (Å²) >= 11 is 0. The third-order valence-corrected chi connectivity index (χ3v) is 4.72. The largest absolute Gasteiger partial charge is 0.484 e. The summed E-state index contributed by atoms with van der Waals surface area (Å²) in [4.78, 5) is 37.4. The molecule has 2 aromatic rings. The van der Waals surface area contributed by atoms with E-state index in [0.717, 1.165) is 18.4 Å². The molecular weight excluding hydrogens is 382 g/mol. The summed E-state index contributed by atoms with van der Waals surface area (Å²) < 4.78 is 5.48. The van der Waals surface area contributed by atoms with Crippen LogP contribution in [0.3, 0.4) is 0 Å². The Morgan fingerprint density at radius 3 is 2.37 bits per heavy atom. The Labute approximate surface area is 176 Å². The van der Waals surface area contributed by atoms with Crippen molar-refractivity contribution in [2.75, 3.05) is 26.7 Å². The highest BCUT2D eigenvalue weighted by atomic mass is 16.5. The van der Waals surface area contributed by atoms with Crippen LogP contribution in [0.4, 0.5) is 0 Å². The highest BCUT2D eigenvalue weighted by Crippen LogP contribution is 2.18. The van der Waals surface area contributed by atoms with Gasteiger partial charge in [-0.15, -0.1) is 0 Å². The Bertz CT molecular complexity index is 864. The quantitative estimate of drug-likeness (QED) is 0.626. The van der Waals surface area contributed by atoms with Crippen LogP contribution in [-0.2, 0) is 16.0 Å². The molecule has 1 fully saturated rings. The van der Waals surface area contributed by atoms with Gasteiger partial charge in [-0.1, -0.05) is 30.3 Å². The first-order valence-corrected chi connectivity index (χ1v) is 10.1. The average molecular weight is 409 g/mol. The maximum Gasteiger partial charge on any atom is 0.258 e. The zero-order chi connectivity index (χ0) is 21.3. The van der Waals surface area contributed by atoms with Gasteiger partial charge in [-0.25, -0.2) is 0 Å². The molecule has 0 aromatic heterocycles. The van der Waals surface area contributed by atoms with Crippen molar-refractivity contribution in [3.63, 3.8) is 0 Å². The van der Waals surface area contributed by atoms with Crippen LogP contribution < -0.4 is 15.4 Å². The predicted molar refractivity (Wildman–Crippen MR) is 113 cm³/mol. The van der Waals surface area contributed by atoms with Crippen LogP contribution in [0.1, 0.15) is 28.8 Å². The van der Waals surface area contributed by atoms with Crippen molar-refractivity contribution < 1.29 is 19.1 Å². The molecule has 0 bridgehead atoms. The highest BCUT2D eigenvalue weighted by Gasteiger charge is 2.23. The van der Waals surface area contributed by atoms with Gasteiger partial charge in [0.1, 0.15) is 5.75 Å². The van der Waals surface area contributed by atoms with Gasteiger partial charge in [0.25, 0.3) is 11.8 Å². The van der Waals surface area contributed by atoms with E-state index in [1.165, 1.54) is 4.90 Å². The van der Waals surface area contributed by atoms with E-state index >= 15 is 0 Å². The van der Waals surface area contributed by atoms with Crippen LogP contribution in [0, 0.1) is 0 Å². The third-order valence-electron chi connectivity index (χ3n) is 4.72. The number of benzene rings is 2. The van der Waals surface area contributed by atoms with E-state index in [9.17, 15) is 14.4 Å². The number of ether oxygens (including phenoxy) is 1. The molecule has 0 atom stereocenters. The molecule has 7 heteroatoms. The van der Waals surface area contributed by atoms with Crippen LogP contribution in [0.2, 0.25) is 0 Å². The van der Waals surface area contributed by atoms with Gasteiger partial charge in [0.15, 0.2) is 6.61 Å². The van der Waals surface area contributed by atoms with Crippen LogP contribution >= 0.6 is 0 Å². The molecule has 3 amide bonds. The molecule has 2 N–H and O–H groups in total. The summed E-state index contributed by atoms with van der Waals surface area (Å²) in [6, 6.07) is 16.6. The molecule has 0 unspecified atom stereocenters. The minimum absolute atomic E-state index is 0.00340. The normalized spacial score (nSPS) is 12.7. The van der Waals surface area contributed by atoms with E-state index in [-0.39, 0.29) is 30.9 Å². The van der Waals surface area contributed by atoms with E-state index in [1.54, 1.807) is 31.3 Å². The standard InChI is InChI=1S/C23H27N3O4/c1-26(23(29)18-5-3-2-4-6-18)15-21(27)24-14-13-17-7-11-20(12-8-17)30-16-22(28)25-19-9-10-19/h2-8,11-12,19H,9-10,13-16H2,1H3,(H,24,27)(H,25,28). The van der Waals surface area contributed by atoms with E-state index in [0.29, 0.717) is 30.3 Å². The Kier molecular flexibility index (Phi) is 7.43. The fourth-order valence-electron chi connectivity index (χ4n) is 2.89. The lowest BCUT2D eigenvalue weighted by Gasteiger charge is -2.17. The lowest BCUT2D eigenvalue weighted by Crippen LogP contribution is -2.39. The molecular formula is C23H27N3O4. The number of nitrogens with one attached hydrogen (secondary N) is 2. The summed E-state index contributed by atoms with van der Waals surface area (Å²) in [5.74, 6) is 0.144. The van der Waals surface area contributed by atoms with Gasteiger partial charge in [-0.05, 0) is 49.1 Å². The number of nitrogens with zero attached hydrogens (tertiary/aromatic N) is 1. The van der Waals surface area contributed by atoms with Crippen LogP contribution in [-0.4, -0.2) is 55.4 Å².